The fraction of sp³-hybridized carbons (Fsp3) is 0.737. The third-order valence-electron chi connectivity index (χ3n) is 5.62. The molecule has 7 nitrogen and oxygen atoms in total. The highest BCUT2D eigenvalue weighted by Crippen LogP contribution is 2.20. The lowest BCUT2D eigenvalue weighted by Crippen LogP contribution is -2.49. The molecule has 0 aromatic carbocycles. The number of hydrogen-bond acceptors (Lipinski definition) is 6. The van der Waals surface area contributed by atoms with Gasteiger partial charge < -0.3 is 20.0 Å². The zero-order chi connectivity index (χ0) is 18.2. The van der Waals surface area contributed by atoms with Crippen LogP contribution in [-0.2, 0) is 4.79 Å². The Morgan fingerprint density at radius 2 is 1.71 bits per heavy atom. The zero-order valence-electron chi connectivity index (χ0n) is 16.8. The van der Waals surface area contributed by atoms with Crippen LogP contribution in [0.2, 0.25) is 0 Å². The summed E-state index contributed by atoms with van der Waals surface area (Å²) in [6.07, 6.45) is 7.99. The average molecular weight is 433 g/mol. The van der Waals surface area contributed by atoms with Crippen LogP contribution >= 0.6 is 24.8 Å². The molecule has 28 heavy (non-hydrogen) atoms. The van der Waals surface area contributed by atoms with Gasteiger partial charge in [0.2, 0.25) is 11.9 Å². The van der Waals surface area contributed by atoms with Gasteiger partial charge in [-0.05, 0) is 57.9 Å². The van der Waals surface area contributed by atoms with Crippen molar-refractivity contribution < 1.29 is 4.79 Å². The molecule has 0 aliphatic carbocycles. The molecule has 0 spiro atoms. The van der Waals surface area contributed by atoms with E-state index in [2.05, 4.69) is 25.1 Å². The molecule has 2 saturated heterocycles. The zero-order valence-corrected chi connectivity index (χ0v) is 18.4. The Kier molecular flexibility index (Phi) is 11.7. The molecular weight excluding hydrogens is 399 g/mol. The van der Waals surface area contributed by atoms with E-state index in [9.17, 15) is 4.79 Å². The summed E-state index contributed by atoms with van der Waals surface area (Å²) < 4.78 is 0. The van der Waals surface area contributed by atoms with Crippen LogP contribution in [0.25, 0.3) is 0 Å². The van der Waals surface area contributed by atoms with Gasteiger partial charge in [0.05, 0.1) is 0 Å². The van der Waals surface area contributed by atoms with Crippen molar-refractivity contribution >= 4 is 36.7 Å². The molecule has 2 aliphatic heterocycles. The van der Waals surface area contributed by atoms with E-state index < -0.39 is 0 Å². The third-order valence-corrected chi connectivity index (χ3v) is 5.62. The smallest absolute Gasteiger partial charge is 0.225 e. The summed E-state index contributed by atoms with van der Waals surface area (Å²) in [6, 6.07) is 1.83. The standard InChI is InChI=1S/C19H32N6O.2ClH/c1-20-9-3-17-4-10-23(11-5-17)12-6-18(26)24-13-15-25(16-14-24)19-21-7-2-8-22-19;;/h2,7-8,17,20H,3-6,9-16H2,1H3;2*1H. The van der Waals surface area contributed by atoms with E-state index >= 15 is 0 Å². The van der Waals surface area contributed by atoms with E-state index in [0.29, 0.717) is 6.42 Å². The first-order chi connectivity index (χ1) is 12.8. The number of aromatic nitrogens is 2. The maximum atomic E-state index is 12.5. The van der Waals surface area contributed by atoms with Gasteiger partial charge in [-0.1, -0.05) is 0 Å². The topological polar surface area (TPSA) is 64.6 Å². The Morgan fingerprint density at radius 1 is 1.07 bits per heavy atom. The number of piperazine rings is 1. The lowest BCUT2D eigenvalue weighted by Gasteiger charge is -2.36. The number of hydrogen-bond donors (Lipinski definition) is 1. The molecule has 9 heteroatoms. The fourth-order valence-corrected chi connectivity index (χ4v) is 3.87. The molecule has 1 aromatic rings. The second-order valence-corrected chi connectivity index (χ2v) is 7.34. The maximum Gasteiger partial charge on any atom is 0.225 e. The summed E-state index contributed by atoms with van der Waals surface area (Å²) in [5, 5.41) is 3.24. The van der Waals surface area contributed by atoms with Crippen molar-refractivity contribution in [3.05, 3.63) is 18.5 Å². The maximum absolute atomic E-state index is 12.5. The lowest BCUT2D eigenvalue weighted by atomic mass is 9.93. The monoisotopic (exact) mass is 432 g/mol. The van der Waals surface area contributed by atoms with Crippen molar-refractivity contribution in [2.45, 2.75) is 25.7 Å². The lowest BCUT2D eigenvalue weighted by molar-refractivity contribution is -0.131. The Labute approximate surface area is 181 Å². The summed E-state index contributed by atoms with van der Waals surface area (Å²) in [5.41, 5.74) is 0. The van der Waals surface area contributed by atoms with Crippen LogP contribution in [0.5, 0.6) is 0 Å². The highest BCUT2D eigenvalue weighted by Gasteiger charge is 2.24. The van der Waals surface area contributed by atoms with Gasteiger partial charge in [0.1, 0.15) is 0 Å². The molecule has 3 heterocycles. The third kappa shape index (κ3) is 7.35. The SMILES string of the molecule is CNCCC1CCN(CCC(=O)N2CCN(c3ncccn3)CC2)CC1.Cl.Cl. The second kappa shape index (κ2) is 13.1. The average Bonchev–Trinajstić information content (AvgIpc) is 2.72. The summed E-state index contributed by atoms with van der Waals surface area (Å²) in [7, 11) is 2.02. The molecule has 1 N–H and O–H groups in total. The van der Waals surface area contributed by atoms with E-state index in [1.165, 1.54) is 19.3 Å². The summed E-state index contributed by atoms with van der Waals surface area (Å²) >= 11 is 0. The highest BCUT2D eigenvalue weighted by molar-refractivity contribution is 5.85. The van der Waals surface area contributed by atoms with Gasteiger partial charge in [0.15, 0.2) is 0 Å². The summed E-state index contributed by atoms with van der Waals surface area (Å²) in [4.78, 5) is 27.7. The fourth-order valence-electron chi connectivity index (χ4n) is 3.87. The first kappa shape index (κ1) is 24.9. The van der Waals surface area contributed by atoms with Gasteiger partial charge in [0, 0.05) is 51.5 Å². The van der Waals surface area contributed by atoms with Crippen LogP contribution in [0.3, 0.4) is 0 Å². The molecule has 1 amide bonds. The van der Waals surface area contributed by atoms with Crippen molar-refractivity contribution in [3.63, 3.8) is 0 Å². The molecule has 1 aromatic heterocycles. The first-order valence-corrected chi connectivity index (χ1v) is 9.93. The number of anilines is 1. The van der Waals surface area contributed by atoms with Gasteiger partial charge in [-0.3, -0.25) is 4.79 Å². The predicted octanol–water partition coefficient (Wildman–Crippen LogP) is 1.68. The molecule has 0 radical (unpaired) electrons. The van der Waals surface area contributed by atoms with Crippen molar-refractivity contribution in [3.8, 4) is 0 Å². The number of likely N-dealkylation sites (tertiary alicyclic amines) is 1. The molecule has 0 saturated carbocycles. The first-order valence-electron chi connectivity index (χ1n) is 9.93. The molecule has 3 rings (SSSR count). The van der Waals surface area contributed by atoms with Gasteiger partial charge in [0.25, 0.3) is 0 Å². The van der Waals surface area contributed by atoms with Gasteiger partial charge >= 0.3 is 0 Å². The largest absolute Gasteiger partial charge is 0.339 e. The number of rotatable bonds is 7. The van der Waals surface area contributed by atoms with Crippen LogP contribution in [0.15, 0.2) is 18.5 Å². The highest BCUT2D eigenvalue weighted by atomic mass is 35.5. The van der Waals surface area contributed by atoms with Crippen LogP contribution in [0, 0.1) is 5.92 Å². The number of piperidine rings is 1. The minimum Gasteiger partial charge on any atom is -0.339 e. The minimum atomic E-state index is 0. The van der Waals surface area contributed by atoms with E-state index in [0.717, 1.165) is 64.2 Å². The van der Waals surface area contributed by atoms with Crippen LogP contribution in [0.4, 0.5) is 5.95 Å². The quantitative estimate of drug-likeness (QED) is 0.706. The van der Waals surface area contributed by atoms with Crippen LogP contribution in [-0.4, -0.2) is 85.1 Å². The van der Waals surface area contributed by atoms with Gasteiger partial charge in [-0.25, -0.2) is 9.97 Å². The van der Waals surface area contributed by atoms with E-state index in [-0.39, 0.29) is 30.7 Å². The van der Waals surface area contributed by atoms with Crippen molar-refractivity contribution in [1.29, 1.82) is 0 Å². The summed E-state index contributed by atoms with van der Waals surface area (Å²) in [6.45, 7) is 7.45. The van der Waals surface area contributed by atoms with E-state index in [1.54, 1.807) is 12.4 Å². The molecule has 0 unspecified atom stereocenters. The van der Waals surface area contributed by atoms with Gasteiger partial charge in [-0.2, -0.15) is 0 Å². The van der Waals surface area contributed by atoms with Gasteiger partial charge in [-0.15, -0.1) is 24.8 Å². The molecular formula is C19H34Cl2N6O. The van der Waals surface area contributed by atoms with Crippen molar-refractivity contribution in [2.24, 2.45) is 5.92 Å². The Balaban J connectivity index is 0.00000196. The molecule has 2 aliphatic rings. The Morgan fingerprint density at radius 3 is 2.32 bits per heavy atom. The Hall–Kier alpha value is -1.15. The molecule has 0 bridgehead atoms. The number of halogens is 2. The number of amides is 1. The van der Waals surface area contributed by atoms with E-state index in [4.69, 9.17) is 0 Å². The number of nitrogens with one attached hydrogen (secondary N) is 1. The normalized spacial score (nSPS) is 18.3. The van der Waals surface area contributed by atoms with Crippen molar-refractivity contribution in [1.82, 2.24) is 25.1 Å². The molecule has 0 atom stereocenters. The number of carbonyl (C=O) groups excluding carboxylic acids is 1. The number of carbonyl (C=O) groups is 1. The molecule has 160 valence electrons. The van der Waals surface area contributed by atoms with E-state index in [1.807, 2.05) is 18.0 Å². The molecule has 2 fully saturated rings. The second-order valence-electron chi connectivity index (χ2n) is 7.34. The minimum absolute atomic E-state index is 0. The number of nitrogens with zero attached hydrogens (tertiary/aromatic N) is 5. The summed E-state index contributed by atoms with van der Waals surface area (Å²) in [5.74, 6) is 1.90. The van der Waals surface area contributed by atoms with Crippen LogP contribution < -0.4 is 10.2 Å². The Bertz CT molecular complexity index is 549. The van der Waals surface area contributed by atoms with Crippen LogP contribution in [0.1, 0.15) is 25.7 Å². The van der Waals surface area contributed by atoms with Crippen molar-refractivity contribution in [2.75, 3.05) is 64.3 Å². The predicted molar refractivity (Wildman–Crippen MR) is 118 cm³/mol.